The van der Waals surface area contributed by atoms with Crippen molar-refractivity contribution in [3.63, 3.8) is 0 Å². The Balaban J connectivity index is 1.37. The van der Waals surface area contributed by atoms with Crippen LogP contribution in [0.1, 0.15) is 15.9 Å². The van der Waals surface area contributed by atoms with Crippen molar-refractivity contribution in [1.29, 1.82) is 0 Å². The minimum Gasteiger partial charge on any atom is -0.493 e. The number of rotatable bonds is 6. The highest BCUT2D eigenvalue weighted by Crippen LogP contribution is 2.31. The van der Waals surface area contributed by atoms with E-state index in [0.717, 1.165) is 6.07 Å². The zero-order valence-electron chi connectivity index (χ0n) is 17.5. The van der Waals surface area contributed by atoms with Crippen LogP contribution in [-0.2, 0) is 4.79 Å². The van der Waals surface area contributed by atoms with E-state index in [0.29, 0.717) is 17.1 Å². The number of benzene rings is 3. The fourth-order valence-electron chi connectivity index (χ4n) is 3.01. The number of halogens is 1. The third kappa shape index (κ3) is 5.27. The number of nitrogens with one attached hydrogen (secondary N) is 1. The molecule has 0 fully saturated rings. The van der Waals surface area contributed by atoms with Gasteiger partial charge in [-0.2, -0.15) is 5.10 Å². The first-order valence-electron chi connectivity index (χ1n) is 9.90. The second kappa shape index (κ2) is 9.82. The molecule has 3 aromatic rings. The van der Waals surface area contributed by atoms with E-state index in [9.17, 15) is 14.0 Å². The van der Waals surface area contributed by atoms with Gasteiger partial charge in [-0.05, 0) is 54.1 Å². The van der Waals surface area contributed by atoms with Gasteiger partial charge < -0.3 is 18.9 Å². The van der Waals surface area contributed by atoms with Crippen molar-refractivity contribution in [2.24, 2.45) is 5.10 Å². The molecule has 0 radical (unpaired) electrons. The summed E-state index contributed by atoms with van der Waals surface area (Å²) in [4.78, 5) is 24.6. The lowest BCUT2D eigenvalue weighted by atomic mass is 10.2. The molecule has 0 saturated carbocycles. The third-order valence-corrected chi connectivity index (χ3v) is 4.64. The molecular formula is C24H19FN2O6. The number of amides is 1. The lowest BCUT2D eigenvalue weighted by Crippen LogP contribution is -2.42. The molecule has 168 valence electrons. The Kier molecular flexibility index (Phi) is 6.49. The fraction of sp³-hybridized carbons (Fsp3) is 0.125. The number of fused-ring (bicyclic) bond motifs is 1. The van der Waals surface area contributed by atoms with Crippen molar-refractivity contribution < 1.29 is 32.9 Å². The molecule has 3 aromatic carbocycles. The predicted molar refractivity (Wildman–Crippen MR) is 116 cm³/mol. The Morgan fingerprint density at radius 1 is 1.06 bits per heavy atom. The molecule has 1 aliphatic rings. The minimum absolute atomic E-state index is 0.0670. The molecule has 1 heterocycles. The highest BCUT2D eigenvalue weighted by Gasteiger charge is 2.27. The van der Waals surface area contributed by atoms with Crippen LogP contribution in [0.3, 0.4) is 0 Å². The number of hydrogen-bond donors (Lipinski definition) is 1. The Morgan fingerprint density at radius 2 is 1.88 bits per heavy atom. The number of methoxy groups -OCH3 is 1. The van der Waals surface area contributed by atoms with E-state index in [1.54, 1.807) is 30.3 Å². The lowest BCUT2D eigenvalue weighted by Gasteiger charge is -2.24. The summed E-state index contributed by atoms with van der Waals surface area (Å²) in [5.74, 6) is -0.253. The summed E-state index contributed by atoms with van der Waals surface area (Å²) in [6.45, 7) is 0.0670. The predicted octanol–water partition coefficient (Wildman–Crippen LogP) is 3.34. The molecule has 1 N–H and O–H groups in total. The smallest absolute Gasteiger partial charge is 0.343 e. The minimum atomic E-state index is -0.837. The largest absolute Gasteiger partial charge is 0.493 e. The summed E-state index contributed by atoms with van der Waals surface area (Å²) in [5.41, 5.74) is 3.05. The molecule has 33 heavy (non-hydrogen) atoms. The van der Waals surface area contributed by atoms with Crippen LogP contribution in [-0.4, -0.2) is 37.9 Å². The van der Waals surface area contributed by atoms with E-state index in [1.165, 1.54) is 37.6 Å². The summed E-state index contributed by atoms with van der Waals surface area (Å²) in [5, 5.41) is 3.93. The molecule has 0 saturated heterocycles. The van der Waals surface area contributed by atoms with Crippen LogP contribution in [0.25, 0.3) is 0 Å². The summed E-state index contributed by atoms with van der Waals surface area (Å²) < 4.78 is 35.1. The van der Waals surface area contributed by atoms with Crippen molar-refractivity contribution in [1.82, 2.24) is 5.43 Å². The van der Waals surface area contributed by atoms with Gasteiger partial charge in [-0.1, -0.05) is 18.2 Å². The first-order chi connectivity index (χ1) is 16.0. The van der Waals surface area contributed by atoms with E-state index >= 15 is 0 Å². The van der Waals surface area contributed by atoms with E-state index in [4.69, 9.17) is 18.9 Å². The van der Waals surface area contributed by atoms with Crippen LogP contribution in [0.4, 0.5) is 4.39 Å². The van der Waals surface area contributed by atoms with Gasteiger partial charge in [0.05, 0.1) is 18.9 Å². The summed E-state index contributed by atoms with van der Waals surface area (Å²) in [6.07, 6.45) is 0.562. The van der Waals surface area contributed by atoms with Gasteiger partial charge in [0.15, 0.2) is 23.0 Å². The van der Waals surface area contributed by atoms with Gasteiger partial charge >= 0.3 is 5.97 Å². The van der Waals surface area contributed by atoms with Gasteiger partial charge in [0.25, 0.3) is 5.91 Å². The maximum absolute atomic E-state index is 13.3. The summed E-state index contributed by atoms with van der Waals surface area (Å²) >= 11 is 0. The van der Waals surface area contributed by atoms with Crippen molar-refractivity contribution >= 4 is 18.1 Å². The van der Waals surface area contributed by atoms with Crippen LogP contribution < -0.4 is 24.4 Å². The van der Waals surface area contributed by atoms with E-state index < -0.39 is 23.8 Å². The van der Waals surface area contributed by atoms with Gasteiger partial charge in [0.2, 0.25) is 6.10 Å². The molecule has 1 atom stereocenters. The van der Waals surface area contributed by atoms with Crippen molar-refractivity contribution in [3.05, 3.63) is 83.7 Å². The Labute approximate surface area is 188 Å². The standard InChI is InChI=1S/C24H19FN2O6/c1-30-21-11-15(9-10-20(21)33-24(29)16-5-4-6-17(25)12-16)13-26-27-23(28)22-14-31-18-7-2-3-8-19(18)32-22/h2-13,22H,14H2,1H3,(H,27,28)/b26-13+. The normalized spacial score (nSPS) is 14.5. The molecule has 1 amide bonds. The second-order valence-electron chi connectivity index (χ2n) is 6.91. The van der Waals surface area contributed by atoms with Gasteiger partial charge in [0.1, 0.15) is 12.4 Å². The Bertz CT molecular complexity index is 1210. The topological polar surface area (TPSA) is 95.5 Å². The average molecular weight is 450 g/mol. The maximum atomic E-state index is 13.3. The van der Waals surface area contributed by atoms with Crippen LogP contribution in [0.2, 0.25) is 0 Å². The number of hydrazone groups is 1. The van der Waals surface area contributed by atoms with E-state index in [-0.39, 0.29) is 23.7 Å². The first-order valence-corrected chi connectivity index (χ1v) is 9.90. The molecule has 0 aromatic heterocycles. The van der Waals surface area contributed by atoms with Gasteiger partial charge in [0, 0.05) is 0 Å². The molecule has 0 bridgehead atoms. The molecular weight excluding hydrogens is 431 g/mol. The highest BCUT2D eigenvalue weighted by atomic mass is 19.1. The Hall–Kier alpha value is -4.40. The van der Waals surface area contributed by atoms with Gasteiger partial charge in [-0.3, -0.25) is 4.79 Å². The number of carbonyl (C=O) groups is 2. The Morgan fingerprint density at radius 3 is 2.67 bits per heavy atom. The van der Waals surface area contributed by atoms with Crippen molar-refractivity contribution in [3.8, 4) is 23.0 Å². The van der Waals surface area contributed by atoms with Gasteiger partial charge in [-0.15, -0.1) is 0 Å². The molecule has 0 aliphatic carbocycles. The highest BCUT2D eigenvalue weighted by molar-refractivity contribution is 5.91. The SMILES string of the molecule is COc1cc(/C=N/NC(=O)C2COc3ccccc3O2)ccc1OC(=O)c1cccc(F)c1. The number of carbonyl (C=O) groups excluding carboxylic acids is 2. The molecule has 1 aliphatic heterocycles. The number of nitrogens with zero attached hydrogens (tertiary/aromatic N) is 1. The quantitative estimate of drug-likeness (QED) is 0.268. The number of esters is 1. The van der Waals surface area contributed by atoms with Crippen LogP contribution in [0, 0.1) is 5.82 Å². The lowest BCUT2D eigenvalue weighted by molar-refractivity contribution is -0.130. The van der Waals surface area contributed by atoms with Crippen LogP contribution >= 0.6 is 0 Å². The molecule has 9 heteroatoms. The maximum Gasteiger partial charge on any atom is 0.343 e. The summed E-state index contributed by atoms with van der Waals surface area (Å²) in [6, 6.07) is 16.9. The molecule has 8 nitrogen and oxygen atoms in total. The van der Waals surface area contributed by atoms with E-state index in [1.807, 2.05) is 6.07 Å². The fourth-order valence-corrected chi connectivity index (χ4v) is 3.01. The zero-order valence-corrected chi connectivity index (χ0v) is 17.5. The van der Waals surface area contributed by atoms with Crippen LogP contribution in [0.15, 0.2) is 71.8 Å². The number of hydrogen-bond acceptors (Lipinski definition) is 7. The molecule has 1 unspecified atom stereocenters. The summed E-state index contributed by atoms with van der Waals surface area (Å²) in [7, 11) is 1.41. The average Bonchev–Trinajstić information content (AvgIpc) is 2.84. The molecule has 0 spiro atoms. The number of ether oxygens (including phenoxy) is 4. The number of para-hydroxylation sites is 2. The molecule has 4 rings (SSSR count). The van der Waals surface area contributed by atoms with E-state index in [2.05, 4.69) is 10.5 Å². The third-order valence-electron chi connectivity index (χ3n) is 4.64. The first kappa shape index (κ1) is 21.8. The van der Waals surface area contributed by atoms with Gasteiger partial charge in [-0.25, -0.2) is 14.6 Å². The van der Waals surface area contributed by atoms with Crippen LogP contribution in [0.5, 0.6) is 23.0 Å². The second-order valence-corrected chi connectivity index (χ2v) is 6.91. The van der Waals surface area contributed by atoms with Crippen molar-refractivity contribution in [2.45, 2.75) is 6.10 Å². The van der Waals surface area contributed by atoms with Crippen molar-refractivity contribution in [2.75, 3.05) is 13.7 Å². The zero-order chi connectivity index (χ0) is 23.2. The monoisotopic (exact) mass is 450 g/mol.